The number of carboxylic acid groups (broad SMARTS) is 1. The van der Waals surface area contributed by atoms with Crippen LogP contribution in [0.3, 0.4) is 0 Å². The van der Waals surface area contributed by atoms with Gasteiger partial charge in [0.25, 0.3) is 0 Å². The molecular formula is C16H22N2O3. The van der Waals surface area contributed by atoms with Crippen molar-refractivity contribution in [3.63, 3.8) is 0 Å². The highest BCUT2D eigenvalue weighted by atomic mass is 16.4. The van der Waals surface area contributed by atoms with Crippen LogP contribution in [0.5, 0.6) is 0 Å². The first-order valence-corrected chi connectivity index (χ1v) is 7.41. The molecule has 1 amide bonds. The number of nitrogens with two attached hydrogens (primary N) is 1. The van der Waals surface area contributed by atoms with Gasteiger partial charge >= 0.3 is 5.97 Å². The van der Waals surface area contributed by atoms with Crippen molar-refractivity contribution in [1.29, 1.82) is 0 Å². The largest absolute Gasteiger partial charge is 0.480 e. The first kappa shape index (κ1) is 15.4. The van der Waals surface area contributed by atoms with Gasteiger partial charge in [-0.2, -0.15) is 0 Å². The maximum atomic E-state index is 12.2. The van der Waals surface area contributed by atoms with Crippen LogP contribution in [-0.2, 0) is 16.0 Å². The number of hydrogen-bond donors (Lipinski definition) is 3. The highest BCUT2D eigenvalue weighted by molar-refractivity contribution is 5.88. The van der Waals surface area contributed by atoms with Gasteiger partial charge in [-0.3, -0.25) is 4.79 Å². The first-order valence-electron chi connectivity index (χ1n) is 7.41. The third kappa shape index (κ3) is 3.97. The number of benzene rings is 1. The molecule has 0 bridgehead atoms. The van der Waals surface area contributed by atoms with Gasteiger partial charge in [0.2, 0.25) is 5.91 Å². The summed E-state index contributed by atoms with van der Waals surface area (Å²) < 4.78 is 0. The van der Waals surface area contributed by atoms with E-state index in [9.17, 15) is 14.7 Å². The number of carbonyl (C=O) groups is 2. The van der Waals surface area contributed by atoms with Crippen LogP contribution in [0, 0.1) is 0 Å². The van der Waals surface area contributed by atoms with Gasteiger partial charge in [-0.15, -0.1) is 0 Å². The maximum Gasteiger partial charge on any atom is 0.329 e. The van der Waals surface area contributed by atoms with Crippen molar-refractivity contribution in [3.8, 4) is 0 Å². The molecule has 5 nitrogen and oxygen atoms in total. The van der Waals surface area contributed by atoms with Crippen molar-refractivity contribution in [1.82, 2.24) is 5.32 Å². The molecule has 0 spiro atoms. The van der Waals surface area contributed by atoms with Crippen LogP contribution in [0.25, 0.3) is 0 Å². The highest BCUT2D eigenvalue weighted by Gasteiger charge is 2.39. The Labute approximate surface area is 124 Å². The fraction of sp³-hybridized carbons (Fsp3) is 0.500. The maximum absolute atomic E-state index is 12.2. The zero-order valence-electron chi connectivity index (χ0n) is 12.1. The zero-order chi connectivity index (χ0) is 15.3. The Morgan fingerprint density at radius 2 is 1.86 bits per heavy atom. The molecule has 0 aliphatic heterocycles. The van der Waals surface area contributed by atoms with E-state index in [4.69, 9.17) is 5.73 Å². The lowest BCUT2D eigenvalue weighted by molar-refractivity contribution is -0.148. The molecule has 4 N–H and O–H groups in total. The van der Waals surface area contributed by atoms with E-state index in [2.05, 4.69) is 5.32 Å². The van der Waals surface area contributed by atoms with Gasteiger partial charge in [-0.1, -0.05) is 37.8 Å². The minimum Gasteiger partial charge on any atom is -0.480 e. The lowest BCUT2D eigenvalue weighted by Gasteiger charge is -2.29. The summed E-state index contributed by atoms with van der Waals surface area (Å²) in [6.45, 7) is 0. The quantitative estimate of drug-likeness (QED) is 0.585. The van der Waals surface area contributed by atoms with Gasteiger partial charge in [0.15, 0.2) is 0 Å². The summed E-state index contributed by atoms with van der Waals surface area (Å²) in [4.78, 5) is 23.8. The van der Waals surface area contributed by atoms with E-state index < -0.39 is 11.5 Å². The average molecular weight is 290 g/mol. The third-order valence-corrected chi connectivity index (χ3v) is 4.06. The summed E-state index contributed by atoms with van der Waals surface area (Å²) >= 11 is 0. The second kappa shape index (κ2) is 6.61. The first-order chi connectivity index (χ1) is 10.0. The number of hydrogen-bond acceptors (Lipinski definition) is 3. The van der Waals surface area contributed by atoms with Crippen LogP contribution in [0.15, 0.2) is 24.3 Å². The summed E-state index contributed by atoms with van der Waals surface area (Å²) in [5.41, 5.74) is 5.98. The molecule has 1 aliphatic rings. The number of nitrogen functional groups attached to an aromatic ring is 1. The fourth-order valence-corrected chi connectivity index (χ4v) is 2.92. The summed E-state index contributed by atoms with van der Waals surface area (Å²) in [6, 6.07) is 7.10. The minimum absolute atomic E-state index is 0.153. The minimum atomic E-state index is -1.10. The summed E-state index contributed by atoms with van der Waals surface area (Å²) in [7, 11) is 0. The van der Waals surface area contributed by atoms with Gasteiger partial charge in [-0.25, -0.2) is 4.79 Å². The van der Waals surface area contributed by atoms with E-state index >= 15 is 0 Å². The smallest absolute Gasteiger partial charge is 0.329 e. The number of carboxylic acids is 1. The van der Waals surface area contributed by atoms with Crippen molar-refractivity contribution in [2.24, 2.45) is 0 Å². The van der Waals surface area contributed by atoms with E-state index in [0.29, 0.717) is 18.5 Å². The number of anilines is 1. The van der Waals surface area contributed by atoms with Crippen molar-refractivity contribution in [3.05, 3.63) is 29.8 Å². The summed E-state index contributed by atoms with van der Waals surface area (Å²) in [5.74, 6) is -1.18. The molecule has 5 heteroatoms. The molecule has 0 aromatic heterocycles. The van der Waals surface area contributed by atoms with Gasteiger partial charge in [0, 0.05) is 5.69 Å². The van der Waals surface area contributed by atoms with Crippen LogP contribution in [0.4, 0.5) is 5.69 Å². The van der Waals surface area contributed by atoms with Crippen LogP contribution in [-0.4, -0.2) is 22.5 Å². The van der Waals surface area contributed by atoms with E-state index in [-0.39, 0.29) is 12.3 Å². The van der Waals surface area contributed by atoms with Gasteiger partial charge < -0.3 is 16.2 Å². The zero-order valence-corrected chi connectivity index (χ0v) is 12.1. The molecule has 1 aromatic rings. The van der Waals surface area contributed by atoms with Crippen molar-refractivity contribution in [2.75, 3.05) is 5.73 Å². The number of carbonyl (C=O) groups excluding carboxylic acids is 1. The third-order valence-electron chi connectivity index (χ3n) is 4.06. The Morgan fingerprint density at radius 1 is 1.19 bits per heavy atom. The Morgan fingerprint density at radius 3 is 2.43 bits per heavy atom. The second-order valence-electron chi connectivity index (χ2n) is 5.77. The average Bonchev–Trinajstić information content (AvgIpc) is 2.65. The fourth-order valence-electron chi connectivity index (χ4n) is 2.92. The predicted octanol–water partition coefficient (Wildman–Crippen LogP) is 2.11. The summed E-state index contributed by atoms with van der Waals surface area (Å²) in [6.07, 6.45) is 4.89. The molecule has 0 atom stereocenters. The molecule has 0 saturated heterocycles. The molecule has 0 unspecified atom stereocenters. The summed E-state index contributed by atoms with van der Waals surface area (Å²) in [5, 5.41) is 12.3. The number of aliphatic carboxylic acids is 1. The lowest BCUT2D eigenvalue weighted by atomic mass is 9.90. The van der Waals surface area contributed by atoms with Crippen LogP contribution in [0.2, 0.25) is 0 Å². The van der Waals surface area contributed by atoms with E-state index in [1.54, 1.807) is 18.2 Å². The predicted molar refractivity (Wildman–Crippen MR) is 80.8 cm³/mol. The van der Waals surface area contributed by atoms with E-state index in [1.165, 1.54) is 0 Å². The molecule has 114 valence electrons. The molecule has 1 saturated carbocycles. The van der Waals surface area contributed by atoms with Crippen LogP contribution < -0.4 is 11.1 Å². The number of rotatable bonds is 4. The standard InChI is InChI=1S/C16H22N2O3/c17-13-7-5-6-12(10-13)11-14(19)18-16(15(20)21)8-3-1-2-4-9-16/h5-7,10H,1-4,8-9,11,17H2,(H,18,19)(H,20,21). The van der Waals surface area contributed by atoms with Crippen molar-refractivity contribution >= 4 is 17.6 Å². The number of nitrogens with one attached hydrogen (secondary N) is 1. The van der Waals surface area contributed by atoms with Gasteiger partial charge in [0.1, 0.15) is 5.54 Å². The highest BCUT2D eigenvalue weighted by Crippen LogP contribution is 2.27. The van der Waals surface area contributed by atoms with Crippen LogP contribution >= 0.6 is 0 Å². The van der Waals surface area contributed by atoms with Crippen LogP contribution in [0.1, 0.15) is 44.1 Å². The Bertz CT molecular complexity index is 520. The molecule has 0 radical (unpaired) electrons. The lowest BCUT2D eigenvalue weighted by Crippen LogP contribution is -2.54. The van der Waals surface area contributed by atoms with Gasteiger partial charge in [0.05, 0.1) is 6.42 Å². The second-order valence-corrected chi connectivity index (χ2v) is 5.77. The monoisotopic (exact) mass is 290 g/mol. The molecule has 1 aromatic carbocycles. The molecule has 1 fully saturated rings. The molecule has 1 aliphatic carbocycles. The van der Waals surface area contributed by atoms with E-state index in [0.717, 1.165) is 31.2 Å². The molecular weight excluding hydrogens is 268 g/mol. The topological polar surface area (TPSA) is 92.4 Å². The molecule has 21 heavy (non-hydrogen) atoms. The Hall–Kier alpha value is -2.04. The normalized spacial score (nSPS) is 17.7. The van der Waals surface area contributed by atoms with Gasteiger partial charge in [-0.05, 0) is 30.5 Å². The Kier molecular flexibility index (Phi) is 4.83. The van der Waals surface area contributed by atoms with Crippen molar-refractivity contribution < 1.29 is 14.7 Å². The SMILES string of the molecule is Nc1cccc(CC(=O)NC2(C(=O)O)CCCCCC2)c1. The molecule has 0 heterocycles. The Balaban J connectivity index is 2.06. The number of amides is 1. The van der Waals surface area contributed by atoms with Crippen molar-refractivity contribution in [2.45, 2.75) is 50.5 Å². The van der Waals surface area contributed by atoms with E-state index in [1.807, 2.05) is 6.07 Å². The molecule has 2 rings (SSSR count).